The molecule has 2 saturated heterocycles. The summed E-state index contributed by atoms with van der Waals surface area (Å²) < 4.78 is 38.7. The largest absolute Gasteiger partial charge is 0.373 e. The molecule has 3 rings (SSSR count). The van der Waals surface area contributed by atoms with E-state index in [0.29, 0.717) is 26.3 Å². The number of hydrogen-bond donors (Lipinski definition) is 0. The van der Waals surface area contributed by atoms with E-state index in [9.17, 15) is 8.42 Å². The molecule has 128 valence electrons. The van der Waals surface area contributed by atoms with E-state index in [-0.39, 0.29) is 11.7 Å². The van der Waals surface area contributed by atoms with E-state index in [0.717, 1.165) is 18.4 Å². The topological polar surface area (TPSA) is 72.0 Å². The zero-order valence-corrected chi connectivity index (χ0v) is 14.3. The Morgan fingerprint density at radius 3 is 2.91 bits per heavy atom. The van der Waals surface area contributed by atoms with Gasteiger partial charge in [0.05, 0.1) is 18.3 Å². The van der Waals surface area contributed by atoms with Gasteiger partial charge >= 0.3 is 0 Å². The fraction of sp³-hybridized carbons (Fsp3) is 0.667. The van der Waals surface area contributed by atoms with Gasteiger partial charge in [-0.1, -0.05) is 6.07 Å². The van der Waals surface area contributed by atoms with Gasteiger partial charge in [-0.05, 0) is 18.1 Å². The fourth-order valence-electron chi connectivity index (χ4n) is 3.03. The van der Waals surface area contributed by atoms with E-state index in [1.807, 2.05) is 12.1 Å². The van der Waals surface area contributed by atoms with E-state index in [2.05, 4.69) is 4.98 Å². The summed E-state index contributed by atoms with van der Waals surface area (Å²) in [5, 5.41) is 0. The van der Waals surface area contributed by atoms with Gasteiger partial charge in [-0.2, -0.15) is 17.0 Å². The Kier molecular flexibility index (Phi) is 4.70. The van der Waals surface area contributed by atoms with E-state index in [1.54, 1.807) is 26.5 Å². The summed E-state index contributed by atoms with van der Waals surface area (Å²) in [5.74, 6) is 0. The summed E-state index contributed by atoms with van der Waals surface area (Å²) in [6.07, 6.45) is 5.19. The van der Waals surface area contributed by atoms with Gasteiger partial charge in [0, 0.05) is 52.6 Å². The molecule has 23 heavy (non-hydrogen) atoms. The highest BCUT2D eigenvalue weighted by Crippen LogP contribution is 2.37. The van der Waals surface area contributed by atoms with Crippen molar-refractivity contribution >= 4 is 10.2 Å². The molecule has 8 heteroatoms. The zero-order valence-electron chi connectivity index (χ0n) is 13.5. The average molecular weight is 341 g/mol. The highest BCUT2D eigenvalue weighted by atomic mass is 32.2. The van der Waals surface area contributed by atoms with Crippen LogP contribution in [0.1, 0.15) is 18.4 Å². The minimum absolute atomic E-state index is 0.0909. The molecule has 2 aliphatic rings. The number of hydrogen-bond acceptors (Lipinski definition) is 5. The average Bonchev–Trinajstić information content (AvgIpc) is 2.51. The first-order valence-corrected chi connectivity index (χ1v) is 9.13. The van der Waals surface area contributed by atoms with Crippen molar-refractivity contribution in [1.82, 2.24) is 13.6 Å². The van der Waals surface area contributed by atoms with Crippen molar-refractivity contribution < 1.29 is 17.9 Å². The highest BCUT2D eigenvalue weighted by molar-refractivity contribution is 7.86. The maximum Gasteiger partial charge on any atom is 0.281 e. The lowest BCUT2D eigenvalue weighted by Crippen LogP contribution is -2.68. The molecule has 2 aliphatic heterocycles. The molecule has 0 unspecified atom stereocenters. The quantitative estimate of drug-likeness (QED) is 0.786. The molecular weight excluding hydrogens is 318 g/mol. The fourth-order valence-corrected chi connectivity index (χ4v) is 4.29. The van der Waals surface area contributed by atoms with E-state index < -0.39 is 10.2 Å². The van der Waals surface area contributed by atoms with Crippen molar-refractivity contribution in [3.8, 4) is 0 Å². The van der Waals surface area contributed by atoms with Crippen LogP contribution in [0.15, 0.2) is 24.5 Å². The summed E-state index contributed by atoms with van der Waals surface area (Å²) in [4.78, 5) is 4.08. The number of aromatic nitrogens is 1. The minimum Gasteiger partial charge on any atom is -0.373 e. The Hall–Kier alpha value is -1.06. The van der Waals surface area contributed by atoms with Crippen LogP contribution in [0.4, 0.5) is 0 Å². The molecule has 1 spiro atoms. The van der Waals surface area contributed by atoms with Crippen molar-refractivity contribution in [3.05, 3.63) is 30.1 Å². The Bertz CT molecular complexity index is 629. The molecular formula is C15H23N3O4S. The van der Waals surface area contributed by atoms with Gasteiger partial charge < -0.3 is 9.47 Å². The van der Waals surface area contributed by atoms with Crippen LogP contribution < -0.4 is 0 Å². The van der Waals surface area contributed by atoms with Crippen molar-refractivity contribution in [1.29, 1.82) is 0 Å². The van der Waals surface area contributed by atoms with Gasteiger partial charge in [0.1, 0.15) is 0 Å². The molecule has 0 N–H and O–H groups in total. The predicted molar refractivity (Wildman–Crippen MR) is 84.9 cm³/mol. The molecule has 0 aromatic carbocycles. The molecule has 1 aromatic heterocycles. The van der Waals surface area contributed by atoms with E-state index in [4.69, 9.17) is 9.47 Å². The Labute approximate surface area is 137 Å². The third-order valence-electron chi connectivity index (χ3n) is 4.37. The first-order valence-electron chi connectivity index (χ1n) is 7.73. The first-order chi connectivity index (χ1) is 10.9. The van der Waals surface area contributed by atoms with Gasteiger partial charge in [-0.25, -0.2) is 0 Å². The van der Waals surface area contributed by atoms with Gasteiger partial charge in [-0.3, -0.25) is 4.98 Å². The van der Waals surface area contributed by atoms with E-state index in [1.165, 1.54) is 8.61 Å². The molecule has 7 nitrogen and oxygen atoms in total. The number of nitrogens with zero attached hydrogens (tertiary/aromatic N) is 3. The van der Waals surface area contributed by atoms with Crippen LogP contribution in [0.5, 0.6) is 0 Å². The number of pyridine rings is 1. The lowest BCUT2D eigenvalue weighted by atomic mass is 9.86. The maximum absolute atomic E-state index is 12.1. The summed E-state index contributed by atoms with van der Waals surface area (Å²) in [6.45, 7) is 1.93. The van der Waals surface area contributed by atoms with Crippen molar-refractivity contribution in [3.63, 3.8) is 0 Å². The van der Waals surface area contributed by atoms with E-state index >= 15 is 0 Å². The van der Waals surface area contributed by atoms with Crippen LogP contribution in [0.2, 0.25) is 0 Å². The van der Waals surface area contributed by atoms with Crippen molar-refractivity contribution in [2.24, 2.45) is 0 Å². The Morgan fingerprint density at radius 2 is 2.26 bits per heavy atom. The van der Waals surface area contributed by atoms with Crippen molar-refractivity contribution in [2.75, 3.05) is 33.8 Å². The Balaban J connectivity index is 1.54. The highest BCUT2D eigenvalue weighted by Gasteiger charge is 2.52. The molecule has 3 heterocycles. The molecule has 0 saturated carbocycles. The van der Waals surface area contributed by atoms with Gasteiger partial charge in [0.2, 0.25) is 0 Å². The zero-order chi connectivity index (χ0) is 16.5. The minimum atomic E-state index is -3.35. The van der Waals surface area contributed by atoms with Crippen LogP contribution in [0.25, 0.3) is 0 Å². The third kappa shape index (κ3) is 3.56. The lowest BCUT2D eigenvalue weighted by molar-refractivity contribution is -0.181. The number of rotatable bonds is 5. The monoisotopic (exact) mass is 341 g/mol. The molecule has 1 aromatic rings. The van der Waals surface area contributed by atoms with Crippen LogP contribution in [-0.4, -0.2) is 67.5 Å². The second-order valence-corrected chi connectivity index (χ2v) is 8.52. The molecule has 0 bridgehead atoms. The lowest BCUT2D eigenvalue weighted by Gasteiger charge is -2.52. The first kappa shape index (κ1) is 16.8. The molecule has 1 atom stereocenters. The smallest absolute Gasteiger partial charge is 0.281 e. The predicted octanol–water partition coefficient (Wildman–Crippen LogP) is 0.638. The molecule has 0 radical (unpaired) electrons. The molecule has 2 fully saturated rings. The van der Waals surface area contributed by atoms with Crippen LogP contribution >= 0.6 is 0 Å². The van der Waals surface area contributed by atoms with Gasteiger partial charge in [0.25, 0.3) is 10.2 Å². The summed E-state index contributed by atoms with van der Waals surface area (Å²) in [7, 11) is -0.264. The SMILES string of the molecule is CN(C)S(=O)(=O)N1CC2(C[C@H](OCc3cccnc3)CCO2)C1. The second kappa shape index (κ2) is 6.45. The normalized spacial score (nSPS) is 24.7. The Morgan fingerprint density at radius 1 is 1.48 bits per heavy atom. The maximum atomic E-state index is 12.1. The van der Waals surface area contributed by atoms with Crippen LogP contribution in [0.3, 0.4) is 0 Å². The molecule has 0 aliphatic carbocycles. The summed E-state index contributed by atoms with van der Waals surface area (Å²) >= 11 is 0. The van der Waals surface area contributed by atoms with Gasteiger partial charge in [0.15, 0.2) is 0 Å². The van der Waals surface area contributed by atoms with Crippen LogP contribution in [0, 0.1) is 0 Å². The summed E-state index contributed by atoms with van der Waals surface area (Å²) in [6, 6.07) is 3.87. The summed E-state index contributed by atoms with van der Waals surface area (Å²) in [5.41, 5.74) is 0.652. The number of ether oxygens (including phenoxy) is 2. The molecule has 0 amide bonds. The third-order valence-corrected chi connectivity index (χ3v) is 6.21. The van der Waals surface area contributed by atoms with Crippen molar-refractivity contribution in [2.45, 2.75) is 31.2 Å². The van der Waals surface area contributed by atoms with Gasteiger partial charge in [-0.15, -0.1) is 0 Å². The standard InChI is InChI=1S/C15H23N3O4S/c1-17(2)23(19,20)18-11-15(12-18)8-14(5-7-22-15)21-10-13-4-3-6-16-9-13/h3-4,6,9,14H,5,7-8,10-12H2,1-2H3/t14-/m1/s1. The second-order valence-electron chi connectivity index (χ2n) is 6.38. The van der Waals surface area contributed by atoms with Crippen LogP contribution in [-0.2, 0) is 26.3 Å².